The zero-order valence-corrected chi connectivity index (χ0v) is 8.95. The van der Waals surface area contributed by atoms with Crippen molar-refractivity contribution in [2.24, 2.45) is 0 Å². The Balaban J connectivity index is 3.20. The van der Waals surface area contributed by atoms with Crippen molar-refractivity contribution in [1.82, 2.24) is 0 Å². The third-order valence-electron chi connectivity index (χ3n) is 1.35. The average Bonchev–Trinajstić information content (AvgIpc) is 1.97. The predicted octanol–water partition coefficient (Wildman–Crippen LogP) is 2.47. The van der Waals surface area contributed by atoms with Gasteiger partial charge in [-0.15, -0.1) is 0 Å². The maximum Gasteiger partial charge on any atom is 0.306 e. The standard InChI is InChI=1S/C9H18O2S/c1-8(2)11-9(10)6-4-5-7-12-3/h8H,4-7H2,1-3H3. The lowest BCUT2D eigenvalue weighted by Gasteiger charge is -2.06. The van der Waals surface area contributed by atoms with E-state index in [1.54, 1.807) is 0 Å². The molecule has 0 bridgehead atoms. The van der Waals surface area contributed by atoms with Crippen molar-refractivity contribution in [2.75, 3.05) is 12.0 Å². The second-order valence-electron chi connectivity index (χ2n) is 2.99. The van der Waals surface area contributed by atoms with Crippen molar-refractivity contribution in [2.45, 2.75) is 39.2 Å². The number of hydrogen-bond acceptors (Lipinski definition) is 3. The highest BCUT2D eigenvalue weighted by molar-refractivity contribution is 7.98. The summed E-state index contributed by atoms with van der Waals surface area (Å²) in [6.07, 6.45) is 4.73. The van der Waals surface area contributed by atoms with Crippen molar-refractivity contribution in [3.8, 4) is 0 Å². The first-order valence-electron chi connectivity index (χ1n) is 4.35. The number of carbonyl (C=O) groups is 1. The molecule has 72 valence electrons. The predicted molar refractivity (Wildman–Crippen MR) is 53.5 cm³/mol. The van der Waals surface area contributed by atoms with Crippen LogP contribution in [0, 0.1) is 0 Å². The summed E-state index contributed by atoms with van der Waals surface area (Å²) in [6, 6.07) is 0. The summed E-state index contributed by atoms with van der Waals surface area (Å²) in [7, 11) is 0. The minimum atomic E-state index is -0.0638. The van der Waals surface area contributed by atoms with Gasteiger partial charge in [-0.05, 0) is 38.7 Å². The highest BCUT2D eigenvalue weighted by Crippen LogP contribution is 2.04. The Bertz CT molecular complexity index is 124. The van der Waals surface area contributed by atoms with Gasteiger partial charge in [0.15, 0.2) is 0 Å². The highest BCUT2D eigenvalue weighted by atomic mass is 32.2. The summed E-state index contributed by atoms with van der Waals surface area (Å²) < 4.78 is 4.98. The van der Waals surface area contributed by atoms with Gasteiger partial charge >= 0.3 is 5.97 Å². The van der Waals surface area contributed by atoms with Crippen molar-refractivity contribution in [1.29, 1.82) is 0 Å². The fourth-order valence-electron chi connectivity index (χ4n) is 0.838. The van der Waals surface area contributed by atoms with Gasteiger partial charge in [-0.25, -0.2) is 0 Å². The molecule has 0 aromatic heterocycles. The minimum Gasteiger partial charge on any atom is -0.463 e. The van der Waals surface area contributed by atoms with E-state index in [1.165, 1.54) is 0 Å². The minimum absolute atomic E-state index is 0.0260. The summed E-state index contributed by atoms with van der Waals surface area (Å²) in [4.78, 5) is 11.0. The molecule has 0 saturated heterocycles. The fraction of sp³-hybridized carbons (Fsp3) is 0.889. The van der Waals surface area contributed by atoms with Crippen LogP contribution in [0.5, 0.6) is 0 Å². The Morgan fingerprint density at radius 1 is 1.42 bits per heavy atom. The van der Waals surface area contributed by atoms with E-state index in [2.05, 4.69) is 6.26 Å². The van der Waals surface area contributed by atoms with Crippen molar-refractivity contribution >= 4 is 17.7 Å². The van der Waals surface area contributed by atoms with Crippen LogP contribution in [0.3, 0.4) is 0 Å². The summed E-state index contributed by atoms with van der Waals surface area (Å²) >= 11 is 1.82. The van der Waals surface area contributed by atoms with Crippen molar-refractivity contribution in [3.63, 3.8) is 0 Å². The molecule has 0 heterocycles. The van der Waals surface area contributed by atoms with Gasteiger partial charge in [0.05, 0.1) is 6.10 Å². The Hall–Kier alpha value is -0.180. The molecular formula is C9H18O2S. The van der Waals surface area contributed by atoms with Gasteiger partial charge < -0.3 is 4.74 Å². The van der Waals surface area contributed by atoms with Gasteiger partial charge in [0.25, 0.3) is 0 Å². The molecule has 0 aromatic rings. The molecule has 0 aromatic carbocycles. The van der Waals surface area contributed by atoms with Gasteiger partial charge in [0.2, 0.25) is 0 Å². The lowest BCUT2D eigenvalue weighted by Crippen LogP contribution is -2.10. The van der Waals surface area contributed by atoms with Crippen LogP contribution in [0.15, 0.2) is 0 Å². The van der Waals surface area contributed by atoms with Crippen LogP contribution >= 0.6 is 11.8 Å². The van der Waals surface area contributed by atoms with Gasteiger partial charge in [-0.3, -0.25) is 4.79 Å². The number of thioether (sulfide) groups is 1. The zero-order valence-electron chi connectivity index (χ0n) is 8.13. The molecular weight excluding hydrogens is 172 g/mol. The van der Waals surface area contributed by atoms with Crippen molar-refractivity contribution < 1.29 is 9.53 Å². The van der Waals surface area contributed by atoms with E-state index in [0.29, 0.717) is 6.42 Å². The Morgan fingerprint density at radius 2 is 2.08 bits per heavy atom. The van der Waals surface area contributed by atoms with Crippen LogP contribution in [0.1, 0.15) is 33.1 Å². The average molecular weight is 190 g/mol. The van der Waals surface area contributed by atoms with Crippen LogP contribution in [0.2, 0.25) is 0 Å². The number of rotatable bonds is 6. The van der Waals surface area contributed by atoms with Gasteiger partial charge in [0, 0.05) is 6.42 Å². The quantitative estimate of drug-likeness (QED) is 0.475. The van der Waals surface area contributed by atoms with E-state index in [9.17, 15) is 4.79 Å². The number of unbranched alkanes of at least 4 members (excludes halogenated alkanes) is 1. The maximum absolute atomic E-state index is 11.0. The largest absolute Gasteiger partial charge is 0.463 e. The van der Waals surface area contributed by atoms with Crippen LogP contribution in [0.4, 0.5) is 0 Å². The maximum atomic E-state index is 11.0. The molecule has 0 atom stereocenters. The molecule has 0 aliphatic carbocycles. The first kappa shape index (κ1) is 11.8. The molecule has 0 aliphatic heterocycles. The molecule has 0 spiro atoms. The third-order valence-corrected chi connectivity index (χ3v) is 2.04. The molecule has 0 rings (SSSR count). The van der Waals surface area contributed by atoms with Crippen LogP contribution in [-0.4, -0.2) is 24.1 Å². The Morgan fingerprint density at radius 3 is 2.58 bits per heavy atom. The first-order chi connectivity index (χ1) is 5.66. The molecule has 12 heavy (non-hydrogen) atoms. The summed E-state index contributed by atoms with van der Waals surface area (Å²) in [5.74, 6) is 1.07. The van der Waals surface area contributed by atoms with Crippen LogP contribution in [0.25, 0.3) is 0 Å². The van der Waals surface area contributed by atoms with Gasteiger partial charge in [-0.2, -0.15) is 11.8 Å². The van der Waals surface area contributed by atoms with E-state index in [4.69, 9.17) is 4.74 Å². The second kappa shape index (κ2) is 7.47. The topological polar surface area (TPSA) is 26.3 Å². The fourth-order valence-corrected chi connectivity index (χ4v) is 1.33. The lowest BCUT2D eigenvalue weighted by molar-refractivity contribution is -0.147. The zero-order chi connectivity index (χ0) is 9.40. The molecule has 3 heteroatoms. The number of hydrogen-bond donors (Lipinski definition) is 0. The summed E-state index contributed by atoms with van der Waals surface area (Å²) in [5, 5.41) is 0. The lowest BCUT2D eigenvalue weighted by atomic mass is 10.2. The van der Waals surface area contributed by atoms with E-state index in [1.807, 2.05) is 25.6 Å². The molecule has 0 unspecified atom stereocenters. The SMILES string of the molecule is CSCCCCC(=O)OC(C)C. The molecule has 0 radical (unpaired) electrons. The van der Waals surface area contributed by atoms with E-state index >= 15 is 0 Å². The summed E-state index contributed by atoms with van der Waals surface area (Å²) in [6.45, 7) is 3.75. The molecule has 0 N–H and O–H groups in total. The third kappa shape index (κ3) is 7.92. The Labute approximate surface area is 79.1 Å². The van der Waals surface area contributed by atoms with Crippen LogP contribution in [-0.2, 0) is 9.53 Å². The number of ether oxygens (including phenoxy) is 1. The second-order valence-corrected chi connectivity index (χ2v) is 3.97. The summed E-state index contributed by atoms with van der Waals surface area (Å²) in [5.41, 5.74) is 0. The van der Waals surface area contributed by atoms with E-state index < -0.39 is 0 Å². The molecule has 0 amide bonds. The van der Waals surface area contributed by atoms with Gasteiger partial charge in [0.1, 0.15) is 0 Å². The smallest absolute Gasteiger partial charge is 0.306 e. The molecule has 0 fully saturated rings. The van der Waals surface area contributed by atoms with Gasteiger partial charge in [-0.1, -0.05) is 0 Å². The number of esters is 1. The first-order valence-corrected chi connectivity index (χ1v) is 5.74. The number of carbonyl (C=O) groups excluding carboxylic acids is 1. The molecule has 2 nitrogen and oxygen atoms in total. The van der Waals surface area contributed by atoms with E-state index in [-0.39, 0.29) is 12.1 Å². The van der Waals surface area contributed by atoms with Crippen LogP contribution < -0.4 is 0 Å². The normalized spacial score (nSPS) is 10.3. The highest BCUT2D eigenvalue weighted by Gasteiger charge is 2.03. The Kier molecular flexibility index (Phi) is 7.36. The molecule has 0 aliphatic rings. The monoisotopic (exact) mass is 190 g/mol. The van der Waals surface area contributed by atoms with Crippen molar-refractivity contribution in [3.05, 3.63) is 0 Å². The molecule has 0 saturated carbocycles. The van der Waals surface area contributed by atoms with E-state index in [0.717, 1.165) is 18.6 Å².